The van der Waals surface area contributed by atoms with Crippen molar-refractivity contribution in [2.75, 3.05) is 4.90 Å². The van der Waals surface area contributed by atoms with Crippen molar-refractivity contribution < 1.29 is 5.11 Å². The molecule has 1 N–H and O–H groups in total. The van der Waals surface area contributed by atoms with Crippen LogP contribution < -0.4 is 4.90 Å². The van der Waals surface area contributed by atoms with Gasteiger partial charge in [-0.1, -0.05) is 55.1 Å². The van der Waals surface area contributed by atoms with Crippen molar-refractivity contribution in [3.05, 3.63) is 96.6 Å². The van der Waals surface area contributed by atoms with Gasteiger partial charge in [0.05, 0.1) is 6.61 Å². The maximum atomic E-state index is 9.24. The minimum absolute atomic E-state index is 0.0552. The summed E-state index contributed by atoms with van der Waals surface area (Å²) in [6, 6.07) is 26.5. The minimum Gasteiger partial charge on any atom is -0.392 e. The van der Waals surface area contributed by atoms with Gasteiger partial charge in [0.2, 0.25) is 0 Å². The van der Waals surface area contributed by atoms with E-state index in [2.05, 4.69) is 47.9 Å². The normalized spacial score (nSPS) is 10.3. The molecule has 0 aliphatic rings. The van der Waals surface area contributed by atoms with Crippen LogP contribution >= 0.6 is 0 Å². The van der Waals surface area contributed by atoms with Gasteiger partial charge in [-0.2, -0.15) is 0 Å². The fraction of sp³-hybridized carbons (Fsp3) is 0.0476. The molecular weight excluding hydrogens is 282 g/mol. The summed E-state index contributed by atoms with van der Waals surface area (Å²) in [6.45, 7) is 3.86. The molecule has 0 unspecified atom stereocenters. The average molecular weight is 301 g/mol. The average Bonchev–Trinajstić information content (AvgIpc) is 2.64. The molecule has 0 saturated heterocycles. The summed E-state index contributed by atoms with van der Waals surface area (Å²) in [7, 11) is 0. The van der Waals surface area contributed by atoms with Crippen LogP contribution in [0.5, 0.6) is 0 Å². The summed E-state index contributed by atoms with van der Waals surface area (Å²) >= 11 is 0. The van der Waals surface area contributed by atoms with Crippen LogP contribution in [0.1, 0.15) is 11.1 Å². The second kappa shape index (κ2) is 6.95. The number of aliphatic hydroxyl groups excluding tert-OH is 1. The molecule has 3 rings (SSSR count). The van der Waals surface area contributed by atoms with Gasteiger partial charge in [0.25, 0.3) is 0 Å². The molecule has 0 radical (unpaired) electrons. The molecule has 0 aromatic heterocycles. The molecule has 3 aromatic rings. The Morgan fingerprint density at radius 1 is 0.739 bits per heavy atom. The van der Waals surface area contributed by atoms with E-state index < -0.39 is 0 Å². The molecule has 0 amide bonds. The zero-order chi connectivity index (χ0) is 16.1. The first kappa shape index (κ1) is 15.1. The maximum Gasteiger partial charge on any atom is 0.0681 e. The van der Waals surface area contributed by atoms with E-state index >= 15 is 0 Å². The minimum atomic E-state index is 0.0552. The van der Waals surface area contributed by atoms with Gasteiger partial charge >= 0.3 is 0 Å². The quantitative estimate of drug-likeness (QED) is 0.692. The number of hydrogen-bond acceptors (Lipinski definition) is 2. The van der Waals surface area contributed by atoms with Gasteiger partial charge in [-0.3, -0.25) is 0 Å². The van der Waals surface area contributed by atoms with Gasteiger partial charge in [0.1, 0.15) is 0 Å². The lowest BCUT2D eigenvalue weighted by Crippen LogP contribution is -2.09. The highest BCUT2D eigenvalue weighted by Crippen LogP contribution is 2.34. The van der Waals surface area contributed by atoms with Crippen molar-refractivity contribution in [2.24, 2.45) is 0 Å². The molecular formula is C21H19NO. The summed E-state index contributed by atoms with van der Waals surface area (Å²) in [5.74, 6) is 0. The third kappa shape index (κ3) is 3.33. The number of nitrogens with zero attached hydrogens (tertiary/aromatic N) is 1. The number of anilines is 3. The van der Waals surface area contributed by atoms with E-state index in [1.54, 1.807) is 0 Å². The second-order valence-electron chi connectivity index (χ2n) is 5.29. The van der Waals surface area contributed by atoms with Gasteiger partial charge in [-0.15, -0.1) is 0 Å². The van der Waals surface area contributed by atoms with Gasteiger partial charge in [0.15, 0.2) is 0 Å². The SMILES string of the molecule is C=Cc1ccc(N(c2ccccc2)c2ccc(CO)cc2)cc1. The van der Waals surface area contributed by atoms with Crippen molar-refractivity contribution in [1.82, 2.24) is 0 Å². The third-order valence-electron chi connectivity index (χ3n) is 3.78. The predicted molar refractivity (Wildman–Crippen MR) is 97.1 cm³/mol. The van der Waals surface area contributed by atoms with Crippen LogP contribution in [-0.4, -0.2) is 5.11 Å². The van der Waals surface area contributed by atoms with Gasteiger partial charge < -0.3 is 10.0 Å². The molecule has 0 spiro atoms. The summed E-state index contributed by atoms with van der Waals surface area (Å²) < 4.78 is 0. The summed E-state index contributed by atoms with van der Waals surface area (Å²) in [5.41, 5.74) is 5.23. The Morgan fingerprint density at radius 3 is 1.78 bits per heavy atom. The highest BCUT2D eigenvalue weighted by Gasteiger charge is 2.11. The first-order valence-corrected chi connectivity index (χ1v) is 7.59. The van der Waals surface area contributed by atoms with Crippen molar-refractivity contribution in [3.63, 3.8) is 0 Å². The fourth-order valence-electron chi connectivity index (χ4n) is 2.53. The molecule has 0 atom stereocenters. The van der Waals surface area contributed by atoms with E-state index in [-0.39, 0.29) is 6.61 Å². The Balaban J connectivity index is 2.07. The second-order valence-corrected chi connectivity index (χ2v) is 5.29. The number of para-hydroxylation sites is 1. The summed E-state index contributed by atoms with van der Waals surface area (Å²) in [6.07, 6.45) is 1.84. The molecule has 0 heterocycles. The van der Waals surface area contributed by atoms with E-state index in [0.717, 1.165) is 28.2 Å². The standard InChI is InChI=1S/C21H19NO/c1-2-17-8-12-20(13-9-17)22(19-6-4-3-5-7-19)21-14-10-18(16-23)11-15-21/h2-15,23H,1,16H2. The number of hydrogen-bond donors (Lipinski definition) is 1. The Labute approximate surface area is 137 Å². The molecule has 2 heteroatoms. The number of benzene rings is 3. The lowest BCUT2D eigenvalue weighted by molar-refractivity contribution is 0.282. The lowest BCUT2D eigenvalue weighted by atomic mass is 10.1. The van der Waals surface area contributed by atoms with E-state index in [4.69, 9.17) is 0 Å². The molecule has 23 heavy (non-hydrogen) atoms. The summed E-state index contributed by atoms with van der Waals surface area (Å²) in [4.78, 5) is 2.19. The molecule has 0 saturated carbocycles. The molecule has 0 fully saturated rings. The van der Waals surface area contributed by atoms with Crippen LogP contribution in [0.2, 0.25) is 0 Å². The zero-order valence-electron chi connectivity index (χ0n) is 12.9. The van der Waals surface area contributed by atoms with E-state index in [9.17, 15) is 5.11 Å². The topological polar surface area (TPSA) is 23.5 Å². The van der Waals surface area contributed by atoms with Crippen LogP contribution in [0.15, 0.2) is 85.4 Å². The smallest absolute Gasteiger partial charge is 0.0681 e. The van der Waals surface area contributed by atoms with Crippen LogP contribution in [-0.2, 0) is 6.61 Å². The molecule has 0 aliphatic carbocycles. The van der Waals surface area contributed by atoms with E-state index in [0.29, 0.717) is 0 Å². The molecule has 0 aliphatic heterocycles. The van der Waals surface area contributed by atoms with E-state index in [1.807, 2.05) is 48.5 Å². The van der Waals surface area contributed by atoms with Gasteiger partial charge in [-0.25, -0.2) is 0 Å². The Hall–Kier alpha value is -2.84. The Kier molecular flexibility index (Phi) is 4.55. The molecule has 3 aromatic carbocycles. The van der Waals surface area contributed by atoms with Crippen molar-refractivity contribution in [2.45, 2.75) is 6.61 Å². The maximum absolute atomic E-state index is 9.24. The first-order chi connectivity index (χ1) is 11.3. The Morgan fingerprint density at radius 2 is 1.26 bits per heavy atom. The van der Waals surface area contributed by atoms with Crippen molar-refractivity contribution >= 4 is 23.1 Å². The fourth-order valence-corrected chi connectivity index (χ4v) is 2.53. The zero-order valence-corrected chi connectivity index (χ0v) is 12.9. The highest BCUT2D eigenvalue weighted by atomic mass is 16.3. The third-order valence-corrected chi connectivity index (χ3v) is 3.78. The Bertz CT molecular complexity index is 761. The van der Waals surface area contributed by atoms with Crippen LogP contribution in [0.25, 0.3) is 6.08 Å². The monoisotopic (exact) mass is 301 g/mol. The van der Waals surface area contributed by atoms with Crippen LogP contribution in [0.3, 0.4) is 0 Å². The summed E-state index contributed by atoms with van der Waals surface area (Å²) in [5, 5.41) is 9.24. The van der Waals surface area contributed by atoms with Crippen molar-refractivity contribution in [3.8, 4) is 0 Å². The number of rotatable bonds is 5. The molecule has 2 nitrogen and oxygen atoms in total. The lowest BCUT2D eigenvalue weighted by Gasteiger charge is -2.25. The highest BCUT2D eigenvalue weighted by molar-refractivity contribution is 5.77. The van der Waals surface area contributed by atoms with Gasteiger partial charge in [-0.05, 0) is 47.5 Å². The largest absolute Gasteiger partial charge is 0.392 e. The van der Waals surface area contributed by atoms with Crippen LogP contribution in [0, 0.1) is 0 Å². The van der Waals surface area contributed by atoms with E-state index in [1.165, 1.54) is 0 Å². The number of aliphatic hydroxyl groups is 1. The first-order valence-electron chi connectivity index (χ1n) is 7.59. The molecule has 0 bridgehead atoms. The van der Waals surface area contributed by atoms with Crippen LogP contribution in [0.4, 0.5) is 17.1 Å². The molecule has 114 valence electrons. The van der Waals surface area contributed by atoms with Gasteiger partial charge in [0, 0.05) is 17.1 Å². The predicted octanol–water partition coefficient (Wildman–Crippen LogP) is 5.29. The van der Waals surface area contributed by atoms with Crippen molar-refractivity contribution in [1.29, 1.82) is 0 Å².